The molecule has 6 N–H and O–H groups in total. The molecule has 0 fully saturated rings. The Labute approximate surface area is 190 Å². The molecule has 0 aliphatic rings. The van der Waals surface area contributed by atoms with Crippen LogP contribution in [0.15, 0.2) is 0 Å². The second-order valence-electron chi connectivity index (χ2n) is 8.68. The molecule has 0 aromatic rings. The Hall–Kier alpha value is -2.60. The average Bonchev–Trinajstić information content (AvgIpc) is 2.65. The highest BCUT2D eigenvalue weighted by Crippen LogP contribution is 2.08. The quantitative estimate of drug-likeness (QED) is 0.292. The summed E-state index contributed by atoms with van der Waals surface area (Å²) in [5.41, 5.74) is 9.08. The number of alkyl carbamates (subject to hydrolysis) is 2. The minimum absolute atomic E-state index is 0.0304. The van der Waals surface area contributed by atoms with Gasteiger partial charge >= 0.3 is 24.1 Å². The van der Waals surface area contributed by atoms with Crippen LogP contribution in [0.25, 0.3) is 0 Å². The van der Waals surface area contributed by atoms with Crippen LogP contribution in [0.1, 0.15) is 41.5 Å². The maximum atomic E-state index is 11.7. The van der Waals surface area contributed by atoms with Crippen molar-refractivity contribution in [2.75, 3.05) is 40.4 Å². The van der Waals surface area contributed by atoms with E-state index in [4.69, 9.17) is 20.9 Å². The lowest BCUT2D eigenvalue weighted by atomic mass is 10.1. The van der Waals surface area contributed by atoms with Gasteiger partial charge in [-0.15, -0.1) is 0 Å². The zero-order valence-corrected chi connectivity index (χ0v) is 20.4. The van der Waals surface area contributed by atoms with E-state index in [0.29, 0.717) is 0 Å². The van der Waals surface area contributed by atoms with Crippen LogP contribution >= 0.6 is 0 Å². The Morgan fingerprint density at radius 1 is 0.688 bits per heavy atom. The summed E-state index contributed by atoms with van der Waals surface area (Å²) >= 11 is 0. The van der Waals surface area contributed by atoms with Crippen molar-refractivity contribution in [2.24, 2.45) is 23.3 Å². The lowest BCUT2D eigenvalue weighted by Crippen LogP contribution is -2.43. The lowest BCUT2D eigenvalue weighted by molar-refractivity contribution is -0.145. The van der Waals surface area contributed by atoms with E-state index in [9.17, 15) is 19.2 Å². The molecule has 0 unspecified atom stereocenters. The Balaban J connectivity index is 0. The maximum absolute atomic E-state index is 11.7. The first kappa shape index (κ1) is 31.6. The van der Waals surface area contributed by atoms with Gasteiger partial charge in [0.2, 0.25) is 0 Å². The number of methoxy groups -OCH3 is 2. The fourth-order valence-electron chi connectivity index (χ4n) is 1.90. The fourth-order valence-corrected chi connectivity index (χ4v) is 1.90. The molecule has 0 radical (unpaired) electrons. The highest BCUT2D eigenvalue weighted by molar-refractivity contribution is 5.76. The first-order valence-electron chi connectivity index (χ1n) is 10.1. The third kappa shape index (κ3) is 17.1. The van der Waals surface area contributed by atoms with Gasteiger partial charge < -0.3 is 41.0 Å². The number of carbonyl (C=O) groups excluding carboxylic acids is 4. The second-order valence-corrected chi connectivity index (χ2v) is 8.68. The molecule has 0 heterocycles. The smallest absolute Gasteiger partial charge is 0.407 e. The molecule has 0 spiro atoms. The molecule has 0 saturated heterocycles. The average molecular weight is 465 g/mol. The van der Waals surface area contributed by atoms with Gasteiger partial charge in [0.15, 0.2) is 0 Å². The Morgan fingerprint density at radius 3 is 1.22 bits per heavy atom. The number of amides is 2. The summed E-state index contributed by atoms with van der Waals surface area (Å²) < 4.78 is 19.2. The standard InChI is InChI=1S/C15H28N2O6.C5H12N2O2/c1-14(2,3)22-12(19)16-8-10(11(18)21-7)9-17-13(20)23-15(4,5)6;1-9-5(8)4(2-6)3-7/h10H,8-9H2,1-7H3,(H,16,19)(H,17,20);4H,2-3,6-7H2,1H3. The van der Waals surface area contributed by atoms with E-state index in [1.54, 1.807) is 41.5 Å². The zero-order chi connectivity index (χ0) is 25.5. The van der Waals surface area contributed by atoms with Crippen LogP contribution in [0.4, 0.5) is 9.59 Å². The van der Waals surface area contributed by atoms with Gasteiger partial charge in [-0.1, -0.05) is 0 Å². The van der Waals surface area contributed by atoms with E-state index >= 15 is 0 Å². The maximum Gasteiger partial charge on any atom is 0.407 e. The van der Waals surface area contributed by atoms with Crippen LogP contribution in [0.2, 0.25) is 0 Å². The minimum atomic E-state index is -0.750. The number of ether oxygens (including phenoxy) is 4. The number of carbonyl (C=O) groups is 4. The summed E-state index contributed by atoms with van der Waals surface area (Å²) in [6.07, 6.45) is -1.30. The van der Waals surface area contributed by atoms with Crippen molar-refractivity contribution < 1.29 is 38.1 Å². The van der Waals surface area contributed by atoms with Crippen molar-refractivity contribution in [1.29, 1.82) is 0 Å². The molecule has 2 amide bonds. The predicted molar refractivity (Wildman–Crippen MR) is 118 cm³/mol. The predicted octanol–water partition coefficient (Wildman–Crippen LogP) is 0.518. The summed E-state index contributed by atoms with van der Waals surface area (Å²) in [7, 11) is 2.55. The molecule has 32 heavy (non-hydrogen) atoms. The van der Waals surface area contributed by atoms with Crippen LogP contribution in [0.3, 0.4) is 0 Å². The Morgan fingerprint density at radius 2 is 1.00 bits per heavy atom. The fraction of sp³-hybridized carbons (Fsp3) is 0.800. The summed E-state index contributed by atoms with van der Waals surface area (Å²) in [6, 6.07) is 0. The van der Waals surface area contributed by atoms with Gasteiger partial charge in [-0.05, 0) is 41.5 Å². The number of nitrogens with one attached hydrogen (secondary N) is 2. The molecule has 0 bridgehead atoms. The first-order chi connectivity index (χ1) is 14.6. The molecule has 0 aromatic heterocycles. The summed E-state index contributed by atoms with van der Waals surface area (Å²) in [5, 5.41) is 4.94. The molecule has 0 aliphatic heterocycles. The number of hydrogen-bond acceptors (Lipinski definition) is 10. The van der Waals surface area contributed by atoms with Crippen LogP contribution in [-0.2, 0) is 28.5 Å². The SMILES string of the molecule is COC(=O)C(CN)CN.COC(=O)C(CNC(=O)OC(C)(C)C)CNC(=O)OC(C)(C)C. The Kier molecular flexibility index (Phi) is 15.0. The van der Waals surface area contributed by atoms with E-state index in [-0.39, 0.29) is 38.1 Å². The third-order valence-corrected chi connectivity index (χ3v) is 3.42. The van der Waals surface area contributed by atoms with Gasteiger partial charge in [-0.25, -0.2) is 9.59 Å². The molecule has 0 aliphatic carbocycles. The monoisotopic (exact) mass is 464 g/mol. The van der Waals surface area contributed by atoms with E-state index in [2.05, 4.69) is 20.1 Å². The van der Waals surface area contributed by atoms with E-state index in [1.165, 1.54) is 14.2 Å². The van der Waals surface area contributed by atoms with Gasteiger partial charge in [-0.3, -0.25) is 9.59 Å². The minimum Gasteiger partial charge on any atom is -0.469 e. The van der Waals surface area contributed by atoms with Gasteiger partial charge in [-0.2, -0.15) is 0 Å². The molecule has 0 atom stereocenters. The molecule has 12 heteroatoms. The van der Waals surface area contributed by atoms with Gasteiger partial charge in [0.1, 0.15) is 11.2 Å². The first-order valence-corrected chi connectivity index (χ1v) is 10.1. The van der Waals surface area contributed by atoms with Gasteiger partial charge in [0.05, 0.1) is 26.1 Å². The van der Waals surface area contributed by atoms with E-state index < -0.39 is 35.3 Å². The largest absolute Gasteiger partial charge is 0.469 e. The van der Waals surface area contributed by atoms with Gasteiger partial charge in [0.25, 0.3) is 0 Å². The number of nitrogens with two attached hydrogens (primary N) is 2. The topological polar surface area (TPSA) is 181 Å². The molecule has 0 saturated carbocycles. The van der Waals surface area contributed by atoms with E-state index in [1.807, 2.05) is 0 Å². The summed E-state index contributed by atoms with van der Waals surface area (Å²) in [5.74, 6) is -1.98. The van der Waals surface area contributed by atoms with Crippen molar-refractivity contribution in [1.82, 2.24) is 10.6 Å². The number of esters is 2. The zero-order valence-electron chi connectivity index (χ0n) is 20.4. The van der Waals surface area contributed by atoms with Crippen LogP contribution in [-0.4, -0.2) is 75.7 Å². The van der Waals surface area contributed by atoms with Crippen molar-refractivity contribution in [3.8, 4) is 0 Å². The van der Waals surface area contributed by atoms with Crippen molar-refractivity contribution in [2.45, 2.75) is 52.7 Å². The van der Waals surface area contributed by atoms with Crippen LogP contribution in [0, 0.1) is 11.8 Å². The number of hydrogen-bond donors (Lipinski definition) is 4. The molecule has 0 rings (SSSR count). The normalized spacial score (nSPS) is 11.1. The lowest BCUT2D eigenvalue weighted by Gasteiger charge is -2.22. The molecular formula is C20H40N4O8. The van der Waals surface area contributed by atoms with Gasteiger partial charge in [0, 0.05) is 26.2 Å². The molecule has 12 nitrogen and oxygen atoms in total. The van der Waals surface area contributed by atoms with Crippen molar-refractivity contribution >= 4 is 24.1 Å². The summed E-state index contributed by atoms with van der Waals surface area (Å²) in [4.78, 5) is 45.5. The molecular weight excluding hydrogens is 424 g/mol. The highest BCUT2D eigenvalue weighted by atomic mass is 16.6. The second kappa shape index (κ2) is 15.2. The van der Waals surface area contributed by atoms with E-state index in [0.717, 1.165) is 0 Å². The Bertz CT molecular complexity index is 563. The number of rotatable bonds is 8. The summed E-state index contributed by atoms with van der Waals surface area (Å²) in [6.45, 7) is 10.8. The highest BCUT2D eigenvalue weighted by Gasteiger charge is 2.24. The third-order valence-electron chi connectivity index (χ3n) is 3.42. The van der Waals surface area contributed by atoms with Crippen molar-refractivity contribution in [3.05, 3.63) is 0 Å². The van der Waals surface area contributed by atoms with Crippen LogP contribution < -0.4 is 22.1 Å². The molecule has 188 valence electrons. The molecule has 0 aromatic carbocycles. The van der Waals surface area contributed by atoms with Crippen molar-refractivity contribution in [3.63, 3.8) is 0 Å². The van der Waals surface area contributed by atoms with Crippen LogP contribution in [0.5, 0.6) is 0 Å².